The van der Waals surface area contributed by atoms with Crippen LogP contribution in [0, 0.1) is 0 Å². The van der Waals surface area contributed by atoms with Crippen molar-refractivity contribution in [1.82, 2.24) is 19.4 Å². The molecule has 10 heteroatoms. The van der Waals surface area contributed by atoms with Crippen molar-refractivity contribution in [3.05, 3.63) is 46.8 Å². The number of amides is 2. The molecular weight excluding hydrogens is 360 g/mol. The molecule has 25 heavy (non-hydrogen) atoms. The van der Waals surface area contributed by atoms with Gasteiger partial charge in [0.15, 0.2) is 10.1 Å². The van der Waals surface area contributed by atoms with E-state index in [4.69, 9.17) is 5.73 Å². The largest absolute Gasteiger partial charge is 0.364 e. The molecule has 0 unspecified atom stereocenters. The smallest absolute Gasteiger partial charge is 0.265 e. The highest BCUT2D eigenvalue weighted by atomic mass is 32.1. The molecule has 0 aromatic carbocycles. The Hall–Kier alpha value is -2.98. The summed E-state index contributed by atoms with van der Waals surface area (Å²) in [5, 5.41) is 7.00. The van der Waals surface area contributed by atoms with Gasteiger partial charge in [-0.15, -0.1) is 22.7 Å². The lowest BCUT2D eigenvalue weighted by Gasteiger charge is -1.98. The minimum atomic E-state index is -0.532. The third-order valence-corrected chi connectivity index (χ3v) is 5.01. The second-order valence-corrected chi connectivity index (χ2v) is 6.99. The molecule has 4 aromatic heterocycles. The highest BCUT2D eigenvalue weighted by Gasteiger charge is 2.13. The van der Waals surface area contributed by atoms with Crippen LogP contribution >= 0.6 is 22.7 Å². The summed E-state index contributed by atoms with van der Waals surface area (Å²) in [7, 11) is 0. The van der Waals surface area contributed by atoms with Gasteiger partial charge in [0.25, 0.3) is 5.91 Å². The first-order valence-corrected chi connectivity index (χ1v) is 8.99. The molecule has 4 rings (SSSR count). The number of aromatic amines is 1. The molecule has 2 amide bonds. The number of hydrogen-bond donors (Lipinski definition) is 3. The van der Waals surface area contributed by atoms with E-state index in [2.05, 4.69) is 20.3 Å². The monoisotopic (exact) mass is 372 g/mol. The van der Waals surface area contributed by atoms with Crippen LogP contribution in [0.3, 0.4) is 0 Å². The number of hydrogen-bond acceptors (Lipinski definition) is 6. The van der Waals surface area contributed by atoms with E-state index < -0.39 is 5.91 Å². The number of aromatic nitrogens is 4. The summed E-state index contributed by atoms with van der Waals surface area (Å²) < 4.78 is 1.89. The van der Waals surface area contributed by atoms with E-state index in [1.165, 1.54) is 22.7 Å². The first-order chi connectivity index (χ1) is 12.1. The maximum absolute atomic E-state index is 12.2. The summed E-state index contributed by atoms with van der Waals surface area (Å²) in [6.07, 6.45) is 5.57. The van der Waals surface area contributed by atoms with Crippen LogP contribution in [-0.2, 0) is 11.2 Å². The Kier molecular flexibility index (Phi) is 3.82. The molecule has 8 nitrogen and oxygen atoms in total. The van der Waals surface area contributed by atoms with Crippen LogP contribution in [0.1, 0.15) is 16.2 Å². The number of nitrogens with zero attached hydrogens (tertiary/aromatic N) is 3. The Morgan fingerprint density at radius 2 is 2.20 bits per heavy atom. The van der Waals surface area contributed by atoms with E-state index in [0.717, 1.165) is 10.5 Å². The third kappa shape index (κ3) is 3.16. The Bertz CT molecular complexity index is 1040. The fraction of sp³-hybridized carbons (Fsp3) is 0.0667. The second-order valence-electron chi connectivity index (χ2n) is 5.25. The normalized spacial score (nSPS) is 11.0. The number of rotatable bonds is 5. The van der Waals surface area contributed by atoms with Crippen molar-refractivity contribution in [1.29, 1.82) is 0 Å². The van der Waals surface area contributed by atoms with Crippen molar-refractivity contribution in [2.45, 2.75) is 6.42 Å². The zero-order valence-electron chi connectivity index (χ0n) is 12.7. The molecule has 0 bridgehead atoms. The number of imidazole rings is 1. The van der Waals surface area contributed by atoms with Crippen molar-refractivity contribution >= 4 is 44.6 Å². The van der Waals surface area contributed by atoms with E-state index in [1.54, 1.807) is 17.6 Å². The zero-order chi connectivity index (χ0) is 17.4. The van der Waals surface area contributed by atoms with Gasteiger partial charge in [0.05, 0.1) is 17.8 Å². The number of carbonyl (C=O) groups is 2. The number of thiazole rings is 2. The number of nitrogens with one attached hydrogen (secondary N) is 2. The van der Waals surface area contributed by atoms with Crippen molar-refractivity contribution in [3.8, 4) is 11.3 Å². The fourth-order valence-corrected chi connectivity index (χ4v) is 3.79. The molecule has 4 N–H and O–H groups in total. The Morgan fingerprint density at radius 3 is 2.96 bits per heavy atom. The molecule has 0 saturated heterocycles. The first kappa shape index (κ1) is 15.5. The predicted molar refractivity (Wildman–Crippen MR) is 95.8 cm³/mol. The van der Waals surface area contributed by atoms with E-state index in [1.807, 2.05) is 22.2 Å². The Balaban J connectivity index is 1.43. The average Bonchev–Trinajstić information content (AvgIpc) is 3.29. The fourth-order valence-electron chi connectivity index (χ4n) is 2.34. The van der Waals surface area contributed by atoms with E-state index >= 15 is 0 Å². The molecule has 4 heterocycles. The van der Waals surface area contributed by atoms with Crippen LogP contribution in [0.15, 0.2) is 35.4 Å². The molecule has 126 valence electrons. The minimum Gasteiger partial charge on any atom is -0.364 e. The molecular formula is C15H12N6O2S2. The van der Waals surface area contributed by atoms with Gasteiger partial charge < -0.3 is 16.0 Å². The van der Waals surface area contributed by atoms with Crippen LogP contribution in [0.4, 0.5) is 5.13 Å². The van der Waals surface area contributed by atoms with E-state index in [-0.39, 0.29) is 12.3 Å². The zero-order valence-corrected chi connectivity index (χ0v) is 14.4. The van der Waals surface area contributed by atoms with Gasteiger partial charge in [0.1, 0.15) is 5.69 Å². The van der Waals surface area contributed by atoms with E-state index in [0.29, 0.717) is 22.2 Å². The molecule has 0 aliphatic heterocycles. The van der Waals surface area contributed by atoms with Gasteiger partial charge in [0, 0.05) is 34.9 Å². The maximum atomic E-state index is 12.2. The quantitative estimate of drug-likeness (QED) is 0.497. The standard InChI is InChI=1S/C15H12N6O2S2/c16-13(23)10-3-8(5-17-10)11-7-25-14(19-11)20-12(22)4-9-6-21-1-2-24-15(21)18-9/h1-3,5-7,17H,4H2,(H2,16,23)(H,19,20,22). The van der Waals surface area contributed by atoms with E-state index in [9.17, 15) is 9.59 Å². The summed E-state index contributed by atoms with van der Waals surface area (Å²) >= 11 is 2.83. The van der Waals surface area contributed by atoms with Crippen LogP contribution in [0.5, 0.6) is 0 Å². The van der Waals surface area contributed by atoms with Gasteiger partial charge in [-0.2, -0.15) is 0 Å². The van der Waals surface area contributed by atoms with Crippen molar-refractivity contribution in [2.24, 2.45) is 5.73 Å². The molecule has 0 aliphatic rings. The average molecular weight is 372 g/mol. The van der Waals surface area contributed by atoms with Crippen LogP contribution in [0.25, 0.3) is 16.2 Å². The van der Waals surface area contributed by atoms with Crippen molar-refractivity contribution < 1.29 is 9.59 Å². The van der Waals surface area contributed by atoms with Crippen LogP contribution in [-0.4, -0.2) is 31.2 Å². The number of anilines is 1. The lowest BCUT2D eigenvalue weighted by Crippen LogP contribution is -2.14. The highest BCUT2D eigenvalue weighted by molar-refractivity contribution is 7.15. The summed E-state index contributed by atoms with van der Waals surface area (Å²) in [6, 6.07) is 1.63. The number of nitrogens with two attached hydrogens (primary N) is 1. The summed E-state index contributed by atoms with van der Waals surface area (Å²) in [5.74, 6) is -0.714. The summed E-state index contributed by atoms with van der Waals surface area (Å²) in [5.41, 5.74) is 7.63. The van der Waals surface area contributed by atoms with Gasteiger partial charge in [-0.3, -0.25) is 14.0 Å². The summed E-state index contributed by atoms with van der Waals surface area (Å²) in [6.45, 7) is 0. The Labute approximate surface area is 149 Å². The molecule has 0 spiro atoms. The molecule has 0 saturated carbocycles. The molecule has 0 fully saturated rings. The topological polar surface area (TPSA) is 118 Å². The highest BCUT2D eigenvalue weighted by Crippen LogP contribution is 2.25. The molecule has 0 aliphatic carbocycles. The lowest BCUT2D eigenvalue weighted by molar-refractivity contribution is -0.115. The number of H-pyrrole nitrogens is 1. The summed E-state index contributed by atoms with van der Waals surface area (Å²) in [4.78, 5) is 35.7. The first-order valence-electron chi connectivity index (χ1n) is 7.23. The third-order valence-electron chi connectivity index (χ3n) is 3.48. The number of carbonyl (C=O) groups excluding carboxylic acids is 2. The number of fused-ring (bicyclic) bond motifs is 1. The molecule has 4 aromatic rings. The van der Waals surface area contributed by atoms with Crippen molar-refractivity contribution in [3.63, 3.8) is 0 Å². The van der Waals surface area contributed by atoms with Crippen LogP contribution < -0.4 is 11.1 Å². The minimum absolute atomic E-state index is 0.180. The van der Waals surface area contributed by atoms with Gasteiger partial charge in [-0.1, -0.05) is 0 Å². The van der Waals surface area contributed by atoms with Gasteiger partial charge in [-0.25, -0.2) is 9.97 Å². The Morgan fingerprint density at radius 1 is 1.32 bits per heavy atom. The lowest BCUT2D eigenvalue weighted by atomic mass is 10.2. The second kappa shape index (κ2) is 6.15. The molecule has 0 atom stereocenters. The molecule has 0 radical (unpaired) electrons. The van der Waals surface area contributed by atoms with Gasteiger partial charge in [0.2, 0.25) is 5.91 Å². The van der Waals surface area contributed by atoms with Gasteiger partial charge in [-0.05, 0) is 6.07 Å². The maximum Gasteiger partial charge on any atom is 0.265 e. The SMILES string of the molecule is NC(=O)c1cc(-c2csc(NC(=O)Cc3cn4ccsc4n3)n2)c[nH]1. The van der Waals surface area contributed by atoms with Crippen molar-refractivity contribution in [2.75, 3.05) is 5.32 Å². The van der Waals surface area contributed by atoms with Gasteiger partial charge >= 0.3 is 0 Å². The predicted octanol–water partition coefficient (Wildman–Crippen LogP) is 2.13. The van der Waals surface area contributed by atoms with Crippen LogP contribution in [0.2, 0.25) is 0 Å². The number of primary amides is 1.